The molecule has 0 bridgehead atoms. The van der Waals surface area contributed by atoms with E-state index in [2.05, 4.69) is 26.6 Å². The number of benzene rings is 1. The monoisotopic (exact) mass is 322 g/mol. The number of hydrogen-bond acceptors (Lipinski definition) is 2. The predicted octanol–water partition coefficient (Wildman–Crippen LogP) is 3.17. The highest BCUT2D eigenvalue weighted by atomic mass is 79.9. The molecule has 1 aromatic rings. The van der Waals surface area contributed by atoms with Gasteiger partial charge < -0.3 is 10.6 Å². The second-order valence-electron chi connectivity index (χ2n) is 5.60. The van der Waals surface area contributed by atoms with E-state index in [1.54, 1.807) is 0 Å². The van der Waals surface area contributed by atoms with Gasteiger partial charge in [0.1, 0.15) is 0 Å². The van der Waals surface area contributed by atoms with Crippen LogP contribution in [0.15, 0.2) is 28.7 Å². The molecule has 0 aromatic heterocycles. The maximum Gasteiger partial charge on any atom is 0.239 e. The van der Waals surface area contributed by atoms with Crippen LogP contribution in [0, 0.1) is 11.8 Å². The van der Waals surface area contributed by atoms with Gasteiger partial charge in [-0.05, 0) is 65.6 Å². The second kappa shape index (κ2) is 5.53. The van der Waals surface area contributed by atoms with Crippen molar-refractivity contribution < 1.29 is 4.79 Å². The van der Waals surface area contributed by atoms with Gasteiger partial charge in [0.15, 0.2) is 0 Å². The summed E-state index contributed by atoms with van der Waals surface area (Å²) in [5.74, 6) is 1.61. The van der Waals surface area contributed by atoms with Gasteiger partial charge in [0.2, 0.25) is 5.91 Å². The summed E-state index contributed by atoms with van der Waals surface area (Å²) in [4.78, 5) is 12.0. The van der Waals surface area contributed by atoms with Crippen LogP contribution >= 0.6 is 15.9 Å². The Kier molecular flexibility index (Phi) is 3.78. The number of carbonyl (C=O) groups is 1. The molecule has 0 atom stereocenters. The van der Waals surface area contributed by atoms with Gasteiger partial charge in [0.25, 0.3) is 0 Å². The Morgan fingerprint density at radius 1 is 1.21 bits per heavy atom. The Balaban J connectivity index is 1.49. The zero-order valence-corrected chi connectivity index (χ0v) is 12.4. The lowest BCUT2D eigenvalue weighted by molar-refractivity contribution is -0.120. The first-order valence-corrected chi connectivity index (χ1v) is 7.81. The summed E-state index contributed by atoms with van der Waals surface area (Å²) < 4.78 is 0.990. The summed E-state index contributed by atoms with van der Waals surface area (Å²) >= 11 is 3.47. The highest BCUT2D eigenvalue weighted by molar-refractivity contribution is 9.10. The molecule has 2 aliphatic carbocycles. The standard InChI is InChI=1S/C15H19BrN2O/c16-12-3-1-2-4-13(12)17-9-14(19)18-15(10-5-6-10)11-7-8-11/h1-4,10-11,15,17H,5-9H2,(H,18,19). The van der Waals surface area contributed by atoms with Crippen LogP contribution in [0.25, 0.3) is 0 Å². The molecule has 2 fully saturated rings. The zero-order chi connectivity index (χ0) is 13.2. The first-order chi connectivity index (χ1) is 9.24. The largest absolute Gasteiger partial charge is 0.375 e. The smallest absolute Gasteiger partial charge is 0.239 e. The van der Waals surface area contributed by atoms with E-state index < -0.39 is 0 Å². The number of carbonyl (C=O) groups excluding carboxylic acids is 1. The molecule has 2 saturated carbocycles. The third kappa shape index (κ3) is 3.50. The van der Waals surface area contributed by atoms with E-state index in [1.165, 1.54) is 25.7 Å². The van der Waals surface area contributed by atoms with Crippen molar-refractivity contribution in [3.63, 3.8) is 0 Å². The lowest BCUT2D eigenvalue weighted by Crippen LogP contribution is -2.41. The summed E-state index contributed by atoms with van der Waals surface area (Å²) in [7, 11) is 0. The molecule has 0 unspecified atom stereocenters. The van der Waals surface area contributed by atoms with Crippen LogP contribution in [0.2, 0.25) is 0 Å². The molecule has 19 heavy (non-hydrogen) atoms. The van der Waals surface area contributed by atoms with Crippen LogP contribution < -0.4 is 10.6 Å². The third-order valence-corrected chi connectivity index (χ3v) is 4.59. The Morgan fingerprint density at radius 3 is 2.42 bits per heavy atom. The molecule has 3 nitrogen and oxygen atoms in total. The number of nitrogens with one attached hydrogen (secondary N) is 2. The van der Waals surface area contributed by atoms with Gasteiger partial charge in [-0.25, -0.2) is 0 Å². The topological polar surface area (TPSA) is 41.1 Å². The average Bonchev–Trinajstić information content (AvgIpc) is 3.28. The van der Waals surface area contributed by atoms with Crippen molar-refractivity contribution in [1.82, 2.24) is 5.32 Å². The van der Waals surface area contributed by atoms with Crippen LogP contribution in [0.5, 0.6) is 0 Å². The van der Waals surface area contributed by atoms with Crippen LogP contribution in [0.4, 0.5) is 5.69 Å². The fourth-order valence-corrected chi connectivity index (χ4v) is 2.97. The second-order valence-corrected chi connectivity index (χ2v) is 6.46. The van der Waals surface area contributed by atoms with Crippen LogP contribution in [0.3, 0.4) is 0 Å². The normalized spacial score (nSPS) is 18.4. The summed E-state index contributed by atoms with van der Waals surface area (Å²) in [5.41, 5.74) is 0.965. The minimum atomic E-state index is 0.111. The quantitative estimate of drug-likeness (QED) is 0.844. The van der Waals surface area contributed by atoms with E-state index in [-0.39, 0.29) is 5.91 Å². The minimum absolute atomic E-state index is 0.111. The highest BCUT2D eigenvalue weighted by Gasteiger charge is 2.42. The fraction of sp³-hybridized carbons (Fsp3) is 0.533. The van der Waals surface area contributed by atoms with Crippen molar-refractivity contribution in [2.24, 2.45) is 11.8 Å². The highest BCUT2D eigenvalue weighted by Crippen LogP contribution is 2.44. The van der Waals surface area contributed by atoms with Gasteiger partial charge in [-0.2, -0.15) is 0 Å². The Bertz CT molecular complexity index is 457. The summed E-state index contributed by atoms with van der Waals surface area (Å²) in [6, 6.07) is 8.30. The number of halogens is 1. The number of rotatable bonds is 6. The fourth-order valence-electron chi connectivity index (χ4n) is 2.55. The predicted molar refractivity (Wildman–Crippen MR) is 80.0 cm³/mol. The van der Waals surface area contributed by atoms with Crippen LogP contribution in [-0.2, 0) is 4.79 Å². The zero-order valence-electron chi connectivity index (χ0n) is 10.9. The molecule has 2 aliphatic rings. The van der Waals surface area contributed by atoms with Gasteiger partial charge in [-0.1, -0.05) is 12.1 Å². The van der Waals surface area contributed by atoms with Crippen molar-refractivity contribution in [2.45, 2.75) is 31.7 Å². The van der Waals surface area contributed by atoms with Gasteiger partial charge in [-0.3, -0.25) is 4.79 Å². The number of para-hydroxylation sites is 1. The molecule has 0 radical (unpaired) electrons. The molecule has 102 valence electrons. The maximum atomic E-state index is 12.0. The number of amides is 1. The minimum Gasteiger partial charge on any atom is -0.375 e. The van der Waals surface area contributed by atoms with E-state index in [0.717, 1.165) is 22.0 Å². The van der Waals surface area contributed by atoms with Crippen molar-refractivity contribution in [3.8, 4) is 0 Å². The Morgan fingerprint density at radius 2 is 1.84 bits per heavy atom. The van der Waals surface area contributed by atoms with Crippen molar-refractivity contribution >= 4 is 27.5 Å². The van der Waals surface area contributed by atoms with Gasteiger partial charge in [0.05, 0.1) is 6.54 Å². The molecule has 1 aromatic carbocycles. The van der Waals surface area contributed by atoms with Crippen molar-refractivity contribution in [2.75, 3.05) is 11.9 Å². The molecule has 0 saturated heterocycles. The summed E-state index contributed by atoms with van der Waals surface area (Å²) in [6.07, 6.45) is 5.16. The van der Waals surface area contributed by atoms with E-state index >= 15 is 0 Å². The van der Waals surface area contributed by atoms with E-state index in [1.807, 2.05) is 24.3 Å². The SMILES string of the molecule is O=C(CNc1ccccc1Br)NC(C1CC1)C1CC1. The molecule has 2 N–H and O–H groups in total. The van der Waals surface area contributed by atoms with E-state index in [0.29, 0.717) is 12.6 Å². The Labute approximate surface area is 122 Å². The molecule has 3 rings (SSSR count). The van der Waals surface area contributed by atoms with Gasteiger partial charge in [-0.15, -0.1) is 0 Å². The number of hydrogen-bond donors (Lipinski definition) is 2. The molecule has 0 spiro atoms. The van der Waals surface area contributed by atoms with Crippen molar-refractivity contribution in [3.05, 3.63) is 28.7 Å². The molecule has 0 heterocycles. The molecule has 1 amide bonds. The first kappa shape index (κ1) is 13.0. The molecule has 0 aliphatic heterocycles. The van der Waals surface area contributed by atoms with Crippen LogP contribution in [-0.4, -0.2) is 18.5 Å². The van der Waals surface area contributed by atoms with E-state index in [9.17, 15) is 4.79 Å². The van der Waals surface area contributed by atoms with E-state index in [4.69, 9.17) is 0 Å². The molecular weight excluding hydrogens is 304 g/mol. The third-order valence-electron chi connectivity index (χ3n) is 3.90. The average molecular weight is 323 g/mol. The lowest BCUT2D eigenvalue weighted by atomic mass is 10.1. The first-order valence-electron chi connectivity index (χ1n) is 7.02. The van der Waals surface area contributed by atoms with Crippen LogP contribution in [0.1, 0.15) is 25.7 Å². The van der Waals surface area contributed by atoms with Crippen molar-refractivity contribution in [1.29, 1.82) is 0 Å². The van der Waals surface area contributed by atoms with Gasteiger partial charge in [0, 0.05) is 16.2 Å². The number of anilines is 1. The summed E-state index contributed by atoms with van der Waals surface area (Å²) in [5, 5.41) is 6.39. The maximum absolute atomic E-state index is 12.0. The molecular formula is C15H19BrN2O. The lowest BCUT2D eigenvalue weighted by Gasteiger charge is -2.18. The summed E-state index contributed by atoms with van der Waals surface area (Å²) in [6.45, 7) is 0.346. The van der Waals surface area contributed by atoms with Gasteiger partial charge >= 0.3 is 0 Å². The Hall–Kier alpha value is -1.03. The molecule has 4 heteroatoms.